The van der Waals surface area contributed by atoms with Crippen LogP contribution in [-0.4, -0.2) is 9.97 Å². The molecule has 0 atom stereocenters. The third-order valence-electron chi connectivity index (χ3n) is 1.95. The number of nitriles is 1. The summed E-state index contributed by atoms with van der Waals surface area (Å²) in [5, 5.41) is 13.6. The normalized spacial score (nSPS) is 9.69. The van der Waals surface area contributed by atoms with Crippen molar-refractivity contribution < 1.29 is 0 Å². The Labute approximate surface area is 95.4 Å². The van der Waals surface area contributed by atoms with Crippen LogP contribution in [0.3, 0.4) is 0 Å². The molecule has 16 heavy (non-hydrogen) atoms. The number of nitrogens with one attached hydrogen (secondary N) is 2. The lowest BCUT2D eigenvalue weighted by molar-refractivity contribution is 1.04. The summed E-state index contributed by atoms with van der Waals surface area (Å²) < 4.78 is 0. The minimum absolute atomic E-state index is 0.0849. The number of nitrogens with zero attached hydrogens (tertiary/aromatic N) is 2. The van der Waals surface area contributed by atoms with Crippen molar-refractivity contribution in [3.8, 4) is 6.07 Å². The molecule has 6 heteroatoms. The monoisotopic (exact) mass is 232 g/mol. The van der Waals surface area contributed by atoms with Crippen LogP contribution in [-0.2, 0) is 6.54 Å². The number of aromatic amines is 1. The SMILES string of the molecule is N#Cc1cccnc1NCc1csc(=O)[nH]1. The highest BCUT2D eigenvalue weighted by molar-refractivity contribution is 7.07. The number of hydrogen-bond acceptors (Lipinski definition) is 5. The van der Waals surface area contributed by atoms with E-state index in [4.69, 9.17) is 5.26 Å². The van der Waals surface area contributed by atoms with E-state index in [2.05, 4.69) is 15.3 Å². The number of rotatable bonds is 3. The van der Waals surface area contributed by atoms with Gasteiger partial charge in [0.15, 0.2) is 0 Å². The second-order valence-electron chi connectivity index (χ2n) is 3.04. The Morgan fingerprint density at radius 3 is 3.19 bits per heavy atom. The van der Waals surface area contributed by atoms with Gasteiger partial charge in [0, 0.05) is 17.3 Å². The molecule has 2 aromatic rings. The highest BCUT2D eigenvalue weighted by Crippen LogP contribution is 2.10. The van der Waals surface area contributed by atoms with Gasteiger partial charge in [-0.2, -0.15) is 5.26 Å². The van der Waals surface area contributed by atoms with Crippen LogP contribution < -0.4 is 10.2 Å². The molecule has 0 amide bonds. The Morgan fingerprint density at radius 1 is 1.62 bits per heavy atom. The first-order valence-corrected chi connectivity index (χ1v) is 5.43. The molecule has 0 saturated carbocycles. The fourth-order valence-electron chi connectivity index (χ4n) is 1.22. The molecule has 2 N–H and O–H groups in total. The molecule has 0 spiro atoms. The zero-order chi connectivity index (χ0) is 11.4. The Balaban J connectivity index is 2.11. The molecule has 0 aliphatic carbocycles. The van der Waals surface area contributed by atoms with Gasteiger partial charge in [0.2, 0.25) is 0 Å². The third-order valence-corrected chi connectivity index (χ3v) is 2.66. The minimum atomic E-state index is -0.0849. The van der Waals surface area contributed by atoms with E-state index in [0.717, 1.165) is 17.0 Å². The van der Waals surface area contributed by atoms with Crippen molar-refractivity contribution in [2.24, 2.45) is 0 Å². The van der Waals surface area contributed by atoms with Crippen LogP contribution in [0.15, 0.2) is 28.5 Å². The van der Waals surface area contributed by atoms with E-state index in [1.807, 2.05) is 6.07 Å². The van der Waals surface area contributed by atoms with Crippen LogP contribution >= 0.6 is 11.3 Å². The maximum Gasteiger partial charge on any atom is 0.304 e. The summed E-state index contributed by atoms with van der Waals surface area (Å²) in [4.78, 5) is 17.5. The summed E-state index contributed by atoms with van der Waals surface area (Å²) >= 11 is 1.11. The minimum Gasteiger partial charge on any atom is -0.363 e. The van der Waals surface area contributed by atoms with Gasteiger partial charge in [-0.15, -0.1) is 0 Å². The first-order valence-electron chi connectivity index (χ1n) is 4.55. The van der Waals surface area contributed by atoms with Gasteiger partial charge < -0.3 is 10.3 Å². The molecule has 80 valence electrons. The van der Waals surface area contributed by atoms with E-state index in [9.17, 15) is 4.79 Å². The average molecular weight is 232 g/mol. The van der Waals surface area contributed by atoms with Crippen LogP contribution in [0.2, 0.25) is 0 Å². The fourth-order valence-corrected chi connectivity index (χ4v) is 1.80. The first kappa shape index (κ1) is 10.4. The van der Waals surface area contributed by atoms with Crippen molar-refractivity contribution in [1.29, 1.82) is 5.26 Å². The zero-order valence-corrected chi connectivity index (χ0v) is 9.04. The lowest BCUT2D eigenvalue weighted by atomic mass is 10.3. The molecule has 2 rings (SSSR count). The molecule has 0 unspecified atom stereocenters. The molecule has 0 bridgehead atoms. The fraction of sp³-hybridized carbons (Fsp3) is 0.100. The summed E-state index contributed by atoms with van der Waals surface area (Å²) in [5.74, 6) is 0.525. The average Bonchev–Trinajstić information content (AvgIpc) is 2.73. The molecule has 5 nitrogen and oxygen atoms in total. The number of hydrogen-bond donors (Lipinski definition) is 2. The lowest BCUT2D eigenvalue weighted by Crippen LogP contribution is -2.05. The van der Waals surface area contributed by atoms with Gasteiger partial charge in [-0.05, 0) is 12.1 Å². The molecular weight excluding hydrogens is 224 g/mol. The highest BCUT2D eigenvalue weighted by atomic mass is 32.1. The van der Waals surface area contributed by atoms with Crippen molar-refractivity contribution in [2.75, 3.05) is 5.32 Å². The molecule has 2 heterocycles. The Bertz CT molecular complexity index is 581. The Hall–Kier alpha value is -2.13. The molecule has 0 aromatic carbocycles. The van der Waals surface area contributed by atoms with Gasteiger partial charge in [-0.3, -0.25) is 4.79 Å². The predicted octanol–water partition coefficient (Wildman–Crippen LogP) is 1.32. The van der Waals surface area contributed by atoms with Gasteiger partial charge in [-0.25, -0.2) is 4.98 Å². The lowest BCUT2D eigenvalue weighted by Gasteiger charge is -2.04. The van der Waals surface area contributed by atoms with E-state index >= 15 is 0 Å². The molecule has 0 fully saturated rings. The quantitative estimate of drug-likeness (QED) is 0.836. The largest absolute Gasteiger partial charge is 0.363 e. The molecule has 0 aliphatic rings. The summed E-state index contributed by atoms with van der Waals surface area (Å²) in [6, 6.07) is 5.43. The van der Waals surface area contributed by atoms with Gasteiger partial charge in [0.1, 0.15) is 11.9 Å². The van der Waals surface area contributed by atoms with Crippen LogP contribution in [0.5, 0.6) is 0 Å². The third kappa shape index (κ3) is 2.27. The molecule has 0 saturated heterocycles. The maximum atomic E-state index is 10.9. The van der Waals surface area contributed by atoms with Crippen LogP contribution in [0, 0.1) is 11.3 Å². The summed E-state index contributed by atoms with van der Waals surface area (Å²) in [5.41, 5.74) is 1.27. The maximum absolute atomic E-state index is 10.9. The van der Waals surface area contributed by atoms with Gasteiger partial charge in [-0.1, -0.05) is 11.3 Å². The smallest absolute Gasteiger partial charge is 0.304 e. The second-order valence-corrected chi connectivity index (χ2v) is 3.88. The summed E-state index contributed by atoms with van der Waals surface area (Å²) in [7, 11) is 0. The number of H-pyrrole nitrogens is 1. The van der Waals surface area contributed by atoms with Gasteiger partial charge in [0.05, 0.1) is 12.1 Å². The Kier molecular flexibility index (Phi) is 2.98. The van der Waals surface area contributed by atoms with Gasteiger partial charge >= 0.3 is 4.87 Å². The first-order chi connectivity index (χ1) is 7.79. The van der Waals surface area contributed by atoms with Crippen LogP contribution in [0.4, 0.5) is 5.82 Å². The Morgan fingerprint density at radius 2 is 2.50 bits per heavy atom. The van der Waals surface area contributed by atoms with E-state index in [0.29, 0.717) is 17.9 Å². The number of anilines is 1. The summed E-state index contributed by atoms with van der Waals surface area (Å²) in [6.45, 7) is 0.449. The molecule has 0 radical (unpaired) electrons. The van der Waals surface area contributed by atoms with Crippen LogP contribution in [0.25, 0.3) is 0 Å². The second kappa shape index (κ2) is 4.59. The van der Waals surface area contributed by atoms with E-state index in [1.165, 1.54) is 0 Å². The predicted molar refractivity (Wildman–Crippen MR) is 61.2 cm³/mol. The van der Waals surface area contributed by atoms with Crippen molar-refractivity contribution in [3.63, 3.8) is 0 Å². The number of pyridine rings is 1. The van der Waals surface area contributed by atoms with Gasteiger partial charge in [0.25, 0.3) is 0 Å². The highest BCUT2D eigenvalue weighted by Gasteiger charge is 2.02. The number of thiazole rings is 1. The molecule has 0 aliphatic heterocycles. The van der Waals surface area contributed by atoms with Crippen molar-refractivity contribution in [2.45, 2.75) is 6.54 Å². The van der Waals surface area contributed by atoms with E-state index in [1.54, 1.807) is 23.7 Å². The molecular formula is C10H8N4OS. The molecule has 2 aromatic heterocycles. The summed E-state index contributed by atoms with van der Waals surface area (Å²) in [6.07, 6.45) is 1.61. The van der Waals surface area contributed by atoms with Crippen molar-refractivity contribution in [1.82, 2.24) is 9.97 Å². The van der Waals surface area contributed by atoms with E-state index < -0.39 is 0 Å². The van der Waals surface area contributed by atoms with Crippen LogP contribution in [0.1, 0.15) is 11.3 Å². The standard InChI is InChI=1S/C10H8N4OS/c11-4-7-2-1-3-12-9(7)13-5-8-6-16-10(15)14-8/h1-3,6H,5H2,(H,12,13)(H,14,15). The van der Waals surface area contributed by atoms with Crippen molar-refractivity contribution >= 4 is 17.2 Å². The topological polar surface area (TPSA) is 81.6 Å². The van der Waals surface area contributed by atoms with Crippen molar-refractivity contribution in [3.05, 3.63) is 44.6 Å². The number of aromatic nitrogens is 2. The van der Waals surface area contributed by atoms with E-state index in [-0.39, 0.29) is 4.87 Å². The zero-order valence-electron chi connectivity index (χ0n) is 8.23.